The minimum Gasteiger partial charge on any atom is -0.299 e. The second-order valence-electron chi connectivity index (χ2n) is 4.68. The maximum atomic E-state index is 11.9. The summed E-state index contributed by atoms with van der Waals surface area (Å²) in [7, 11) is 0. The van der Waals surface area contributed by atoms with Crippen molar-refractivity contribution in [1.29, 1.82) is 0 Å². The van der Waals surface area contributed by atoms with Gasteiger partial charge in [0.25, 0.3) is 0 Å². The van der Waals surface area contributed by atoms with Crippen molar-refractivity contribution in [2.75, 3.05) is 0 Å². The number of Topliss-reactive ketones (excluding diaryl/α,β-unsaturated/α-hetero) is 1. The summed E-state index contributed by atoms with van der Waals surface area (Å²) in [4.78, 5) is 11.9. The van der Waals surface area contributed by atoms with E-state index in [9.17, 15) is 4.79 Å². The topological polar surface area (TPSA) is 17.1 Å². The van der Waals surface area contributed by atoms with Crippen molar-refractivity contribution in [1.82, 2.24) is 0 Å². The fraction of sp³-hybridized carbons (Fsp3) is 0.438. The van der Waals surface area contributed by atoms with Gasteiger partial charge in [0.15, 0.2) is 0 Å². The molecule has 0 heterocycles. The maximum Gasteiger partial charge on any atom is 0.140 e. The molecule has 1 aromatic rings. The highest BCUT2D eigenvalue weighted by Gasteiger charge is 2.31. The Hall–Kier alpha value is -1.37. The molecular weight excluding hydrogens is 208 g/mol. The lowest BCUT2D eigenvalue weighted by Crippen LogP contribution is -2.29. The highest BCUT2D eigenvalue weighted by Crippen LogP contribution is 2.31. The Balaban J connectivity index is 2.90. The average Bonchev–Trinajstić information content (AvgIpc) is 2.35. The SMILES string of the molecule is C=CC(CCCC)(Cc1ccccc1)C(C)=O. The van der Waals surface area contributed by atoms with Crippen LogP contribution in [0.4, 0.5) is 0 Å². The molecule has 0 N–H and O–H groups in total. The van der Waals surface area contributed by atoms with E-state index in [1.54, 1.807) is 6.92 Å². The largest absolute Gasteiger partial charge is 0.299 e. The van der Waals surface area contributed by atoms with Gasteiger partial charge in [-0.05, 0) is 25.3 Å². The lowest BCUT2D eigenvalue weighted by Gasteiger charge is -2.28. The molecule has 0 aliphatic rings. The smallest absolute Gasteiger partial charge is 0.140 e. The third-order valence-electron chi connectivity index (χ3n) is 3.43. The van der Waals surface area contributed by atoms with Gasteiger partial charge >= 0.3 is 0 Å². The summed E-state index contributed by atoms with van der Waals surface area (Å²) in [5.74, 6) is 0.227. The number of carbonyl (C=O) groups is 1. The third kappa shape index (κ3) is 3.55. The lowest BCUT2D eigenvalue weighted by molar-refractivity contribution is -0.124. The highest BCUT2D eigenvalue weighted by atomic mass is 16.1. The van der Waals surface area contributed by atoms with Crippen molar-refractivity contribution in [2.24, 2.45) is 5.41 Å². The van der Waals surface area contributed by atoms with E-state index in [1.165, 1.54) is 5.56 Å². The zero-order chi connectivity index (χ0) is 12.7. The van der Waals surface area contributed by atoms with E-state index in [1.807, 2.05) is 24.3 Å². The van der Waals surface area contributed by atoms with Gasteiger partial charge in [0, 0.05) is 0 Å². The van der Waals surface area contributed by atoms with Crippen molar-refractivity contribution >= 4 is 5.78 Å². The molecule has 17 heavy (non-hydrogen) atoms. The number of hydrogen-bond acceptors (Lipinski definition) is 1. The van der Waals surface area contributed by atoms with Gasteiger partial charge in [0.1, 0.15) is 5.78 Å². The van der Waals surface area contributed by atoms with Gasteiger partial charge in [-0.3, -0.25) is 4.79 Å². The van der Waals surface area contributed by atoms with E-state index < -0.39 is 0 Å². The molecule has 0 aromatic heterocycles. The first kappa shape index (κ1) is 13.7. The summed E-state index contributed by atoms with van der Waals surface area (Å²) in [6.45, 7) is 7.71. The quantitative estimate of drug-likeness (QED) is 0.642. The van der Waals surface area contributed by atoms with Crippen LogP contribution < -0.4 is 0 Å². The standard InChI is InChI=1S/C16H22O/c1-4-6-12-16(5-2,14(3)17)13-15-10-8-7-9-11-15/h5,7-11H,2,4,6,12-13H2,1,3H3. The molecule has 0 amide bonds. The third-order valence-corrected chi connectivity index (χ3v) is 3.43. The highest BCUT2D eigenvalue weighted by molar-refractivity contribution is 5.84. The zero-order valence-electron chi connectivity index (χ0n) is 10.9. The molecule has 0 saturated carbocycles. The summed E-state index contributed by atoms with van der Waals surface area (Å²) < 4.78 is 0. The molecule has 92 valence electrons. The number of carbonyl (C=O) groups excluding carboxylic acids is 1. The number of unbranched alkanes of at least 4 members (excludes halogenated alkanes) is 1. The molecule has 1 heteroatoms. The van der Waals surface area contributed by atoms with Crippen molar-refractivity contribution in [2.45, 2.75) is 39.5 Å². The summed E-state index contributed by atoms with van der Waals surface area (Å²) in [5.41, 5.74) is 0.830. The molecule has 0 spiro atoms. The average molecular weight is 230 g/mol. The molecule has 1 atom stereocenters. The van der Waals surface area contributed by atoms with E-state index in [0.717, 1.165) is 25.7 Å². The summed E-state index contributed by atoms with van der Waals surface area (Å²) >= 11 is 0. The lowest BCUT2D eigenvalue weighted by atomic mass is 9.74. The minimum absolute atomic E-state index is 0.227. The number of benzene rings is 1. The van der Waals surface area contributed by atoms with Gasteiger partial charge in [-0.25, -0.2) is 0 Å². The van der Waals surface area contributed by atoms with Gasteiger partial charge < -0.3 is 0 Å². The van der Waals surface area contributed by atoms with E-state index in [4.69, 9.17) is 0 Å². The van der Waals surface area contributed by atoms with Crippen LogP contribution in [-0.2, 0) is 11.2 Å². The van der Waals surface area contributed by atoms with Gasteiger partial charge in [-0.15, -0.1) is 6.58 Å². The second kappa shape index (κ2) is 6.39. The van der Waals surface area contributed by atoms with Crippen molar-refractivity contribution in [3.63, 3.8) is 0 Å². The predicted octanol–water partition coefficient (Wildman–Crippen LogP) is 4.18. The fourth-order valence-corrected chi connectivity index (χ4v) is 2.16. The first-order valence-electron chi connectivity index (χ1n) is 6.33. The predicted molar refractivity (Wildman–Crippen MR) is 73.0 cm³/mol. The van der Waals surface area contributed by atoms with Crippen molar-refractivity contribution < 1.29 is 4.79 Å². The van der Waals surface area contributed by atoms with Crippen LogP contribution in [0.25, 0.3) is 0 Å². The number of allylic oxidation sites excluding steroid dienone is 1. The Morgan fingerprint density at radius 3 is 2.47 bits per heavy atom. The summed E-state index contributed by atoms with van der Waals surface area (Å²) in [6, 6.07) is 10.2. The molecule has 0 radical (unpaired) electrons. The zero-order valence-corrected chi connectivity index (χ0v) is 10.9. The first-order chi connectivity index (χ1) is 8.14. The molecule has 0 aliphatic heterocycles. The Kier molecular flexibility index (Phi) is 5.14. The molecule has 1 rings (SSSR count). The summed E-state index contributed by atoms with van der Waals surface area (Å²) in [6.07, 6.45) is 5.69. The van der Waals surface area contributed by atoms with Crippen LogP contribution in [0, 0.1) is 5.41 Å². The molecule has 1 aromatic carbocycles. The fourth-order valence-electron chi connectivity index (χ4n) is 2.16. The van der Waals surface area contributed by atoms with E-state index >= 15 is 0 Å². The first-order valence-corrected chi connectivity index (χ1v) is 6.33. The molecular formula is C16H22O. The molecule has 1 nitrogen and oxygen atoms in total. The maximum absolute atomic E-state index is 11.9. The van der Waals surface area contributed by atoms with Crippen LogP contribution >= 0.6 is 0 Å². The summed E-state index contributed by atoms with van der Waals surface area (Å²) in [5, 5.41) is 0. The van der Waals surface area contributed by atoms with E-state index in [2.05, 4.69) is 25.6 Å². The van der Waals surface area contributed by atoms with Crippen molar-refractivity contribution in [3.8, 4) is 0 Å². The van der Waals surface area contributed by atoms with Crippen molar-refractivity contribution in [3.05, 3.63) is 48.6 Å². The Bertz CT molecular complexity index is 366. The van der Waals surface area contributed by atoms with Crippen LogP contribution in [0.3, 0.4) is 0 Å². The van der Waals surface area contributed by atoms with E-state index in [0.29, 0.717) is 0 Å². The second-order valence-corrected chi connectivity index (χ2v) is 4.68. The molecule has 0 fully saturated rings. The van der Waals surface area contributed by atoms with Gasteiger partial charge in [0.2, 0.25) is 0 Å². The molecule has 0 aliphatic carbocycles. The van der Waals surface area contributed by atoms with E-state index in [-0.39, 0.29) is 11.2 Å². The number of rotatable bonds is 7. The van der Waals surface area contributed by atoms with Gasteiger partial charge in [0.05, 0.1) is 5.41 Å². The normalized spacial score (nSPS) is 14.0. The number of ketones is 1. The molecule has 0 bridgehead atoms. The monoisotopic (exact) mass is 230 g/mol. The minimum atomic E-state index is -0.378. The van der Waals surface area contributed by atoms with Crippen LogP contribution in [0.2, 0.25) is 0 Å². The van der Waals surface area contributed by atoms with Crippen LogP contribution in [0.15, 0.2) is 43.0 Å². The van der Waals surface area contributed by atoms with Crippen LogP contribution in [-0.4, -0.2) is 5.78 Å². The van der Waals surface area contributed by atoms with Crippen LogP contribution in [0.5, 0.6) is 0 Å². The Morgan fingerprint density at radius 1 is 1.35 bits per heavy atom. The molecule has 0 saturated heterocycles. The van der Waals surface area contributed by atoms with Crippen LogP contribution in [0.1, 0.15) is 38.7 Å². The van der Waals surface area contributed by atoms with Gasteiger partial charge in [-0.2, -0.15) is 0 Å². The molecule has 1 unspecified atom stereocenters. The Morgan fingerprint density at radius 2 is 2.00 bits per heavy atom. The van der Waals surface area contributed by atoms with Gasteiger partial charge in [-0.1, -0.05) is 56.2 Å². The number of hydrogen-bond donors (Lipinski definition) is 0. The Labute approximate surface area is 105 Å².